The van der Waals surface area contributed by atoms with Gasteiger partial charge in [0.15, 0.2) is 0 Å². The Morgan fingerprint density at radius 1 is 1.39 bits per heavy atom. The lowest BCUT2D eigenvalue weighted by Gasteiger charge is -2.12. The highest BCUT2D eigenvalue weighted by atomic mass is 127. The molecule has 1 aromatic rings. The molecule has 0 aromatic heterocycles. The van der Waals surface area contributed by atoms with Crippen LogP contribution in [0, 0.1) is 9.49 Å². The summed E-state index contributed by atoms with van der Waals surface area (Å²) in [4.78, 5) is 11.5. The fourth-order valence-corrected chi connectivity index (χ4v) is 1.84. The number of nitrogens with one attached hydrogen (secondary N) is 1. The molecule has 0 heterocycles. The molecule has 0 aliphatic heterocycles. The first-order valence-corrected chi connectivity index (χ1v) is 6.44. The lowest BCUT2D eigenvalue weighted by atomic mass is 10.1. The average Bonchev–Trinajstić information content (AvgIpc) is 2.18. The highest BCUT2D eigenvalue weighted by Gasteiger charge is 2.31. The first-order valence-electron chi connectivity index (χ1n) is 5.36. The van der Waals surface area contributed by atoms with Crippen LogP contribution in [-0.4, -0.2) is 5.91 Å². The lowest BCUT2D eigenvalue weighted by Crippen LogP contribution is -2.15. The fourth-order valence-electron chi connectivity index (χ4n) is 1.37. The summed E-state index contributed by atoms with van der Waals surface area (Å²) in [6.45, 7) is 3.74. The predicted molar refractivity (Wildman–Crippen MR) is 72.2 cm³/mol. The average molecular weight is 371 g/mol. The minimum atomic E-state index is -4.40. The molecular weight excluding hydrogens is 358 g/mol. The third-order valence-corrected chi connectivity index (χ3v) is 3.10. The zero-order valence-electron chi connectivity index (χ0n) is 9.94. The number of hydrogen-bond donors (Lipinski definition) is 1. The van der Waals surface area contributed by atoms with Crippen LogP contribution in [-0.2, 0) is 11.0 Å². The Labute approximate surface area is 117 Å². The molecule has 100 valence electrons. The summed E-state index contributed by atoms with van der Waals surface area (Å²) in [5, 5.41) is 2.51. The van der Waals surface area contributed by atoms with Crippen molar-refractivity contribution < 1.29 is 18.0 Å². The van der Waals surface area contributed by atoms with Gasteiger partial charge < -0.3 is 5.32 Å². The molecule has 18 heavy (non-hydrogen) atoms. The van der Waals surface area contributed by atoms with Crippen molar-refractivity contribution in [2.24, 2.45) is 5.92 Å². The molecule has 0 saturated carbocycles. The summed E-state index contributed by atoms with van der Waals surface area (Å²) in [7, 11) is 0. The van der Waals surface area contributed by atoms with Crippen molar-refractivity contribution in [3.05, 3.63) is 27.3 Å². The van der Waals surface area contributed by atoms with E-state index in [0.29, 0.717) is 3.57 Å². The molecule has 0 aliphatic carbocycles. The van der Waals surface area contributed by atoms with E-state index < -0.39 is 11.7 Å². The maximum absolute atomic E-state index is 12.5. The molecule has 0 fully saturated rings. The molecule has 1 N–H and O–H groups in total. The smallest absolute Gasteiger partial charge is 0.325 e. The van der Waals surface area contributed by atoms with Gasteiger partial charge in [0.25, 0.3) is 0 Å². The number of carbonyl (C=O) groups is 1. The van der Waals surface area contributed by atoms with Crippen LogP contribution in [0.25, 0.3) is 0 Å². The number of alkyl halides is 3. The van der Waals surface area contributed by atoms with E-state index in [0.717, 1.165) is 12.1 Å². The van der Waals surface area contributed by atoms with E-state index in [9.17, 15) is 18.0 Å². The zero-order chi connectivity index (χ0) is 13.9. The van der Waals surface area contributed by atoms with Crippen molar-refractivity contribution in [1.29, 1.82) is 0 Å². The third kappa shape index (κ3) is 4.47. The Morgan fingerprint density at radius 2 is 2.00 bits per heavy atom. The summed E-state index contributed by atoms with van der Waals surface area (Å²) >= 11 is 1.89. The normalized spacial score (nSPS) is 11.7. The van der Waals surface area contributed by atoms with Crippen LogP contribution in [0.3, 0.4) is 0 Å². The molecular formula is C12H13F3INO. The molecule has 0 radical (unpaired) electrons. The lowest BCUT2D eigenvalue weighted by molar-refractivity contribution is -0.137. The van der Waals surface area contributed by atoms with E-state index in [1.54, 1.807) is 0 Å². The molecule has 6 heteroatoms. The van der Waals surface area contributed by atoms with Gasteiger partial charge in [0, 0.05) is 9.99 Å². The highest BCUT2D eigenvalue weighted by Crippen LogP contribution is 2.32. The van der Waals surface area contributed by atoms with Gasteiger partial charge in [-0.25, -0.2) is 0 Å². The number of carbonyl (C=O) groups excluding carboxylic acids is 1. The fraction of sp³-hybridized carbons (Fsp3) is 0.417. The van der Waals surface area contributed by atoms with E-state index >= 15 is 0 Å². The van der Waals surface area contributed by atoms with Crippen LogP contribution < -0.4 is 5.32 Å². The van der Waals surface area contributed by atoms with Crippen LogP contribution in [0.2, 0.25) is 0 Å². The van der Waals surface area contributed by atoms with Gasteiger partial charge in [0.05, 0.1) is 11.3 Å². The Balaban J connectivity index is 2.92. The summed E-state index contributed by atoms with van der Waals surface area (Å²) < 4.78 is 38.2. The van der Waals surface area contributed by atoms with E-state index in [4.69, 9.17) is 0 Å². The first-order chi connectivity index (χ1) is 8.20. The largest absolute Gasteiger partial charge is 0.416 e. The SMILES string of the molecule is CC(C)CC(=O)Nc1cc(C(F)(F)F)ccc1I. The van der Waals surface area contributed by atoms with Gasteiger partial charge in [-0.15, -0.1) is 0 Å². The molecule has 1 amide bonds. The van der Waals surface area contributed by atoms with Crippen molar-refractivity contribution in [2.45, 2.75) is 26.4 Å². The van der Waals surface area contributed by atoms with Gasteiger partial charge in [-0.2, -0.15) is 13.2 Å². The first kappa shape index (κ1) is 15.3. The van der Waals surface area contributed by atoms with Crippen molar-refractivity contribution in [3.63, 3.8) is 0 Å². The molecule has 0 bridgehead atoms. The quantitative estimate of drug-likeness (QED) is 0.789. The van der Waals surface area contributed by atoms with E-state index in [1.165, 1.54) is 6.07 Å². The maximum atomic E-state index is 12.5. The predicted octanol–water partition coefficient (Wildman–Crippen LogP) is 4.29. The standard InChI is InChI=1S/C12H13F3INO/c1-7(2)5-11(18)17-10-6-8(12(13,14)15)3-4-9(10)16/h3-4,6-7H,5H2,1-2H3,(H,17,18). The highest BCUT2D eigenvalue weighted by molar-refractivity contribution is 14.1. The van der Waals surface area contributed by atoms with Crippen LogP contribution in [0.1, 0.15) is 25.8 Å². The number of hydrogen-bond acceptors (Lipinski definition) is 1. The topological polar surface area (TPSA) is 29.1 Å². The molecule has 0 unspecified atom stereocenters. The van der Waals surface area contributed by atoms with E-state index in [1.807, 2.05) is 36.4 Å². The molecule has 0 atom stereocenters. The van der Waals surface area contributed by atoms with Crippen LogP contribution >= 0.6 is 22.6 Å². The molecule has 0 spiro atoms. The van der Waals surface area contributed by atoms with Gasteiger partial charge in [-0.3, -0.25) is 4.79 Å². The van der Waals surface area contributed by atoms with Crippen LogP contribution in [0.5, 0.6) is 0 Å². The molecule has 2 nitrogen and oxygen atoms in total. The van der Waals surface area contributed by atoms with E-state index in [-0.39, 0.29) is 23.9 Å². The summed E-state index contributed by atoms with van der Waals surface area (Å²) in [6, 6.07) is 3.30. The second kappa shape index (κ2) is 5.90. The van der Waals surface area contributed by atoms with Crippen molar-refractivity contribution in [3.8, 4) is 0 Å². The van der Waals surface area contributed by atoms with Gasteiger partial charge in [0.1, 0.15) is 0 Å². The second-order valence-corrected chi connectivity index (χ2v) is 5.50. The van der Waals surface area contributed by atoms with Crippen LogP contribution in [0.4, 0.5) is 18.9 Å². The van der Waals surface area contributed by atoms with Gasteiger partial charge in [0.2, 0.25) is 5.91 Å². The molecule has 1 rings (SSSR count). The van der Waals surface area contributed by atoms with E-state index in [2.05, 4.69) is 5.32 Å². The number of halogens is 4. The van der Waals surface area contributed by atoms with Crippen molar-refractivity contribution in [2.75, 3.05) is 5.32 Å². The number of anilines is 1. The minimum absolute atomic E-state index is 0.161. The number of amides is 1. The Bertz CT molecular complexity index is 443. The van der Waals surface area contributed by atoms with Gasteiger partial charge >= 0.3 is 6.18 Å². The number of benzene rings is 1. The van der Waals surface area contributed by atoms with Gasteiger partial charge in [-0.1, -0.05) is 13.8 Å². The molecule has 0 aliphatic rings. The Kier molecular flexibility index (Phi) is 5.01. The minimum Gasteiger partial charge on any atom is -0.325 e. The summed E-state index contributed by atoms with van der Waals surface area (Å²) in [6.07, 6.45) is -4.12. The Hall–Kier alpha value is -0.790. The van der Waals surface area contributed by atoms with Crippen molar-refractivity contribution >= 4 is 34.2 Å². The Morgan fingerprint density at radius 3 is 2.50 bits per heavy atom. The zero-order valence-corrected chi connectivity index (χ0v) is 12.1. The monoisotopic (exact) mass is 371 g/mol. The molecule has 0 saturated heterocycles. The second-order valence-electron chi connectivity index (χ2n) is 4.34. The van der Waals surface area contributed by atoms with Crippen molar-refractivity contribution in [1.82, 2.24) is 0 Å². The molecule has 1 aromatic carbocycles. The summed E-state index contributed by atoms with van der Waals surface area (Å²) in [5.74, 6) is -0.115. The maximum Gasteiger partial charge on any atom is 0.416 e. The van der Waals surface area contributed by atoms with Gasteiger partial charge in [-0.05, 0) is 46.7 Å². The van der Waals surface area contributed by atoms with Crippen LogP contribution in [0.15, 0.2) is 18.2 Å². The third-order valence-electron chi connectivity index (χ3n) is 2.16. The summed E-state index contributed by atoms with van der Waals surface area (Å²) in [5.41, 5.74) is -0.557. The number of rotatable bonds is 3.